The number of fused-ring (bicyclic) bond motifs is 1. The molecule has 0 amide bonds. The first-order valence-electron chi connectivity index (χ1n) is 6.72. The summed E-state index contributed by atoms with van der Waals surface area (Å²) in [6.45, 7) is 0.355. The molecule has 0 saturated heterocycles. The van der Waals surface area contributed by atoms with Crippen molar-refractivity contribution in [1.29, 1.82) is 0 Å². The molecule has 0 unspecified atom stereocenters. The molecule has 3 aromatic rings. The van der Waals surface area contributed by atoms with E-state index in [9.17, 15) is 13.2 Å². The van der Waals surface area contributed by atoms with Gasteiger partial charge in [-0.1, -0.05) is 12.1 Å². The lowest BCUT2D eigenvalue weighted by atomic mass is 10.1. The van der Waals surface area contributed by atoms with Gasteiger partial charge in [-0.05, 0) is 23.8 Å². The molecule has 2 heterocycles. The van der Waals surface area contributed by atoms with Crippen molar-refractivity contribution >= 4 is 10.9 Å². The van der Waals surface area contributed by atoms with Crippen LogP contribution in [-0.2, 0) is 19.8 Å². The maximum Gasteiger partial charge on any atom is 0.418 e. The Morgan fingerprint density at radius 3 is 2.68 bits per heavy atom. The molecule has 2 aromatic heterocycles. The van der Waals surface area contributed by atoms with E-state index in [1.54, 1.807) is 37.6 Å². The highest BCUT2D eigenvalue weighted by Gasteiger charge is 2.34. The molecule has 0 radical (unpaired) electrons. The number of para-hydroxylation sites is 1. The summed E-state index contributed by atoms with van der Waals surface area (Å²) < 4.78 is 41.0. The number of nitrogens with two attached hydrogens (primary N) is 1. The predicted octanol–water partition coefficient (Wildman–Crippen LogP) is 3.72. The van der Waals surface area contributed by atoms with Crippen LogP contribution in [0.5, 0.6) is 0 Å². The van der Waals surface area contributed by atoms with Gasteiger partial charge in [-0.3, -0.25) is 4.98 Å². The average Bonchev–Trinajstić information content (AvgIpc) is 2.84. The van der Waals surface area contributed by atoms with Crippen LogP contribution in [0.1, 0.15) is 11.1 Å². The van der Waals surface area contributed by atoms with Gasteiger partial charge in [0.1, 0.15) is 0 Å². The summed E-state index contributed by atoms with van der Waals surface area (Å²) in [6, 6.07) is 7.78. The van der Waals surface area contributed by atoms with Crippen molar-refractivity contribution in [3.05, 3.63) is 53.9 Å². The maximum absolute atomic E-state index is 13.2. The number of rotatable bonds is 2. The van der Waals surface area contributed by atoms with E-state index < -0.39 is 11.7 Å². The highest BCUT2D eigenvalue weighted by atomic mass is 19.4. The van der Waals surface area contributed by atoms with E-state index in [2.05, 4.69) is 4.98 Å². The summed E-state index contributed by atoms with van der Waals surface area (Å²) in [5.74, 6) is 0. The number of aromatic nitrogens is 2. The normalized spacial score (nSPS) is 12.0. The van der Waals surface area contributed by atoms with Gasteiger partial charge in [0.25, 0.3) is 0 Å². The Morgan fingerprint density at radius 1 is 1.23 bits per heavy atom. The van der Waals surface area contributed by atoms with Crippen molar-refractivity contribution < 1.29 is 13.2 Å². The largest absolute Gasteiger partial charge is 0.418 e. The molecule has 6 heteroatoms. The third kappa shape index (κ3) is 2.35. The SMILES string of the molecule is Cn1cc(-c2cc(CN)ccn2)c2cccc(C(F)(F)F)c21. The van der Waals surface area contributed by atoms with Gasteiger partial charge in [0.2, 0.25) is 0 Å². The summed E-state index contributed by atoms with van der Waals surface area (Å²) in [4.78, 5) is 4.26. The van der Waals surface area contributed by atoms with Gasteiger partial charge >= 0.3 is 6.18 Å². The lowest BCUT2D eigenvalue weighted by molar-refractivity contribution is -0.136. The second-order valence-corrected chi connectivity index (χ2v) is 5.11. The molecule has 0 bridgehead atoms. The zero-order valence-electron chi connectivity index (χ0n) is 11.9. The van der Waals surface area contributed by atoms with Gasteiger partial charge in [-0.25, -0.2) is 0 Å². The van der Waals surface area contributed by atoms with Crippen molar-refractivity contribution in [3.63, 3.8) is 0 Å². The third-order valence-corrected chi connectivity index (χ3v) is 3.64. The van der Waals surface area contributed by atoms with Crippen molar-refractivity contribution in [2.45, 2.75) is 12.7 Å². The molecule has 3 rings (SSSR count). The average molecular weight is 305 g/mol. The van der Waals surface area contributed by atoms with Crippen LogP contribution in [0.4, 0.5) is 13.2 Å². The van der Waals surface area contributed by atoms with Crippen LogP contribution < -0.4 is 5.73 Å². The summed E-state index contributed by atoms with van der Waals surface area (Å²) in [5, 5.41) is 0.527. The Morgan fingerprint density at radius 2 is 2.00 bits per heavy atom. The Kier molecular flexibility index (Phi) is 3.41. The number of halogens is 3. The van der Waals surface area contributed by atoms with Gasteiger partial charge in [0.05, 0.1) is 16.8 Å². The second kappa shape index (κ2) is 5.14. The number of benzene rings is 1. The number of hydrogen-bond acceptors (Lipinski definition) is 2. The molecule has 2 N–H and O–H groups in total. The number of pyridine rings is 1. The Balaban J connectivity index is 2.29. The predicted molar refractivity (Wildman–Crippen MR) is 79.0 cm³/mol. The number of aryl methyl sites for hydroxylation is 1. The monoisotopic (exact) mass is 305 g/mol. The van der Waals surface area contributed by atoms with E-state index in [1.165, 1.54) is 10.6 Å². The molecule has 0 aliphatic heterocycles. The van der Waals surface area contributed by atoms with Crippen LogP contribution in [0, 0.1) is 0 Å². The smallest absolute Gasteiger partial charge is 0.349 e. The fraction of sp³-hybridized carbons (Fsp3) is 0.188. The number of alkyl halides is 3. The Labute approximate surface area is 125 Å². The van der Waals surface area contributed by atoms with Crippen LogP contribution in [0.25, 0.3) is 22.2 Å². The van der Waals surface area contributed by atoms with Crippen molar-refractivity contribution in [2.75, 3.05) is 0 Å². The van der Waals surface area contributed by atoms with Crippen LogP contribution in [0.2, 0.25) is 0 Å². The zero-order chi connectivity index (χ0) is 15.9. The van der Waals surface area contributed by atoms with Crippen LogP contribution in [0.15, 0.2) is 42.7 Å². The minimum Gasteiger partial charge on any atom is -0.349 e. The fourth-order valence-corrected chi connectivity index (χ4v) is 2.65. The molecule has 0 aliphatic rings. The van der Waals surface area contributed by atoms with Crippen LogP contribution in [0.3, 0.4) is 0 Å². The molecule has 0 saturated carbocycles. The maximum atomic E-state index is 13.2. The van der Waals surface area contributed by atoms with E-state index in [-0.39, 0.29) is 5.52 Å². The van der Waals surface area contributed by atoms with E-state index in [1.807, 2.05) is 0 Å². The highest BCUT2D eigenvalue weighted by molar-refractivity contribution is 5.97. The van der Waals surface area contributed by atoms with Crippen molar-refractivity contribution in [1.82, 2.24) is 9.55 Å². The van der Waals surface area contributed by atoms with Crippen LogP contribution >= 0.6 is 0 Å². The molecule has 0 aliphatic carbocycles. The fourth-order valence-electron chi connectivity index (χ4n) is 2.65. The van der Waals surface area contributed by atoms with Gasteiger partial charge < -0.3 is 10.3 Å². The minimum atomic E-state index is -4.39. The van der Waals surface area contributed by atoms with Crippen molar-refractivity contribution in [3.8, 4) is 11.3 Å². The standard InChI is InChI=1S/C16H14F3N3/c1-22-9-12(14-7-10(8-20)5-6-21-14)11-3-2-4-13(15(11)22)16(17,18)19/h2-7,9H,8,20H2,1H3. The lowest BCUT2D eigenvalue weighted by Gasteiger charge is -2.09. The van der Waals surface area contributed by atoms with E-state index in [0.29, 0.717) is 23.2 Å². The first-order valence-corrected chi connectivity index (χ1v) is 6.72. The molecule has 0 spiro atoms. The summed E-state index contributed by atoms with van der Waals surface area (Å²) in [5.41, 5.74) is 7.29. The van der Waals surface area contributed by atoms with E-state index >= 15 is 0 Å². The number of hydrogen-bond donors (Lipinski definition) is 1. The quantitative estimate of drug-likeness (QED) is 0.784. The third-order valence-electron chi connectivity index (χ3n) is 3.64. The Bertz CT molecular complexity index is 834. The summed E-state index contributed by atoms with van der Waals surface area (Å²) >= 11 is 0. The summed E-state index contributed by atoms with van der Waals surface area (Å²) in [7, 11) is 1.61. The topological polar surface area (TPSA) is 43.8 Å². The lowest BCUT2D eigenvalue weighted by Crippen LogP contribution is -2.07. The molecule has 0 atom stereocenters. The van der Waals surface area contributed by atoms with Crippen molar-refractivity contribution in [2.24, 2.45) is 12.8 Å². The van der Waals surface area contributed by atoms with Gasteiger partial charge in [0, 0.05) is 36.9 Å². The van der Waals surface area contributed by atoms with Gasteiger partial charge in [0.15, 0.2) is 0 Å². The van der Waals surface area contributed by atoms with Gasteiger partial charge in [-0.15, -0.1) is 0 Å². The van der Waals surface area contributed by atoms with Gasteiger partial charge in [-0.2, -0.15) is 13.2 Å². The molecule has 0 fully saturated rings. The molecule has 22 heavy (non-hydrogen) atoms. The highest BCUT2D eigenvalue weighted by Crippen LogP contribution is 2.38. The van der Waals surface area contributed by atoms with Crippen LogP contribution in [-0.4, -0.2) is 9.55 Å². The second-order valence-electron chi connectivity index (χ2n) is 5.11. The molecular weight excluding hydrogens is 291 g/mol. The first kappa shape index (κ1) is 14.6. The summed E-state index contributed by atoms with van der Waals surface area (Å²) in [6.07, 6.45) is -1.11. The van der Waals surface area contributed by atoms with E-state index in [4.69, 9.17) is 5.73 Å². The Hall–Kier alpha value is -2.34. The number of nitrogens with zero attached hydrogens (tertiary/aromatic N) is 2. The molecular formula is C16H14F3N3. The zero-order valence-corrected chi connectivity index (χ0v) is 11.9. The first-order chi connectivity index (χ1) is 10.4. The molecule has 3 nitrogen and oxygen atoms in total. The van der Waals surface area contributed by atoms with E-state index in [0.717, 1.165) is 11.6 Å². The molecule has 1 aromatic carbocycles. The minimum absolute atomic E-state index is 0.157. The molecule has 114 valence electrons.